The van der Waals surface area contributed by atoms with Crippen molar-refractivity contribution >= 4 is 0 Å². The monoisotopic (exact) mass is 325 g/mol. The number of aromatic nitrogens is 4. The van der Waals surface area contributed by atoms with Crippen molar-refractivity contribution in [3.63, 3.8) is 0 Å². The van der Waals surface area contributed by atoms with Gasteiger partial charge in [0.25, 0.3) is 0 Å². The number of halogens is 1. The topological polar surface area (TPSA) is 46.8 Å². The van der Waals surface area contributed by atoms with E-state index in [9.17, 15) is 4.39 Å². The molecule has 124 valence electrons. The maximum Gasteiger partial charge on any atom is 0.123 e. The van der Waals surface area contributed by atoms with E-state index in [4.69, 9.17) is 0 Å². The van der Waals surface area contributed by atoms with Gasteiger partial charge in [0.2, 0.25) is 0 Å². The van der Waals surface area contributed by atoms with Crippen molar-refractivity contribution in [2.45, 2.75) is 25.9 Å². The van der Waals surface area contributed by atoms with Crippen LogP contribution in [-0.4, -0.2) is 37.7 Å². The molecule has 0 fully saturated rings. The molecule has 0 saturated heterocycles. The highest BCUT2D eigenvalue weighted by atomic mass is 19.1. The normalized spacial score (nSPS) is 12.5. The lowest BCUT2D eigenvalue weighted by Crippen LogP contribution is -2.31. The molecule has 0 aliphatic rings. The van der Waals surface area contributed by atoms with Crippen LogP contribution in [0.25, 0.3) is 5.69 Å². The predicted molar refractivity (Wildman–Crippen MR) is 90.2 cm³/mol. The smallest absolute Gasteiger partial charge is 0.123 e. The van der Waals surface area contributed by atoms with Gasteiger partial charge in [-0.3, -0.25) is 14.9 Å². The quantitative estimate of drug-likeness (QED) is 0.699. The second-order valence-electron chi connectivity index (χ2n) is 5.89. The minimum Gasteiger partial charge on any atom is -0.299 e. The van der Waals surface area contributed by atoms with E-state index in [0.29, 0.717) is 6.54 Å². The SMILES string of the molecule is C[C@@H](Cc1cnccn1)N(C)Cc1cc(F)ccc1-n1cccn1. The molecule has 0 spiro atoms. The fraction of sp³-hybridized carbons (Fsp3) is 0.278. The van der Waals surface area contributed by atoms with Crippen LogP contribution >= 0.6 is 0 Å². The van der Waals surface area contributed by atoms with Crippen molar-refractivity contribution in [2.24, 2.45) is 0 Å². The number of likely N-dealkylation sites (N-methyl/N-ethyl adjacent to an activating group) is 1. The molecule has 0 N–H and O–H groups in total. The molecule has 0 unspecified atom stereocenters. The molecule has 0 bridgehead atoms. The zero-order valence-electron chi connectivity index (χ0n) is 13.8. The summed E-state index contributed by atoms with van der Waals surface area (Å²) in [5.41, 5.74) is 2.73. The van der Waals surface area contributed by atoms with E-state index in [1.165, 1.54) is 6.07 Å². The van der Waals surface area contributed by atoms with Crippen LogP contribution in [0, 0.1) is 5.82 Å². The number of hydrogen-bond donors (Lipinski definition) is 0. The number of hydrogen-bond acceptors (Lipinski definition) is 4. The first-order valence-electron chi connectivity index (χ1n) is 7.87. The largest absolute Gasteiger partial charge is 0.299 e. The molecule has 5 nitrogen and oxygen atoms in total. The van der Waals surface area contributed by atoms with Crippen LogP contribution in [0.3, 0.4) is 0 Å². The zero-order chi connectivity index (χ0) is 16.9. The first-order valence-corrected chi connectivity index (χ1v) is 7.87. The summed E-state index contributed by atoms with van der Waals surface area (Å²) in [6, 6.07) is 6.90. The molecule has 1 aromatic carbocycles. The Bertz CT molecular complexity index is 773. The van der Waals surface area contributed by atoms with E-state index in [0.717, 1.165) is 23.4 Å². The predicted octanol–water partition coefficient (Wildman–Crippen LogP) is 2.86. The summed E-state index contributed by atoms with van der Waals surface area (Å²) in [5.74, 6) is -0.240. The van der Waals surface area contributed by atoms with Crippen LogP contribution in [0.15, 0.2) is 55.2 Å². The molecule has 0 radical (unpaired) electrons. The molecule has 0 aliphatic carbocycles. The lowest BCUT2D eigenvalue weighted by molar-refractivity contribution is 0.246. The fourth-order valence-corrected chi connectivity index (χ4v) is 2.63. The average Bonchev–Trinajstić information content (AvgIpc) is 3.10. The molecule has 0 saturated carbocycles. The summed E-state index contributed by atoms with van der Waals surface area (Å²) in [6.45, 7) is 2.75. The second-order valence-corrected chi connectivity index (χ2v) is 5.89. The van der Waals surface area contributed by atoms with Crippen molar-refractivity contribution in [3.8, 4) is 5.69 Å². The number of nitrogens with zero attached hydrogens (tertiary/aromatic N) is 5. The standard InChI is InChI=1S/C18H20FN5/c1-14(10-17-12-20-7-8-21-17)23(2)13-15-11-16(19)4-5-18(15)24-9-3-6-22-24/h3-9,11-12,14H,10,13H2,1-2H3/t14-/m0/s1. The molecule has 3 rings (SSSR count). The third-order valence-corrected chi connectivity index (χ3v) is 4.09. The Kier molecular flexibility index (Phi) is 4.96. The van der Waals surface area contributed by atoms with E-state index in [2.05, 4.69) is 26.9 Å². The van der Waals surface area contributed by atoms with Crippen LogP contribution in [0.1, 0.15) is 18.2 Å². The minimum absolute atomic E-state index is 0.240. The maximum absolute atomic E-state index is 13.7. The van der Waals surface area contributed by atoms with E-state index in [1.807, 2.05) is 19.3 Å². The van der Waals surface area contributed by atoms with Crippen LogP contribution in [-0.2, 0) is 13.0 Å². The Morgan fingerprint density at radius 1 is 1.25 bits per heavy atom. The van der Waals surface area contributed by atoms with Crippen LogP contribution < -0.4 is 0 Å². The van der Waals surface area contributed by atoms with E-state index in [1.54, 1.807) is 41.6 Å². The maximum atomic E-state index is 13.7. The van der Waals surface area contributed by atoms with Crippen molar-refractivity contribution in [1.82, 2.24) is 24.6 Å². The van der Waals surface area contributed by atoms with Crippen molar-refractivity contribution in [2.75, 3.05) is 7.05 Å². The van der Waals surface area contributed by atoms with Gasteiger partial charge in [-0.25, -0.2) is 9.07 Å². The first kappa shape index (κ1) is 16.3. The van der Waals surface area contributed by atoms with Gasteiger partial charge in [-0.1, -0.05) is 0 Å². The average molecular weight is 325 g/mol. The van der Waals surface area contributed by atoms with Gasteiger partial charge in [0.1, 0.15) is 5.82 Å². The Morgan fingerprint density at radius 2 is 2.12 bits per heavy atom. The first-order chi connectivity index (χ1) is 11.6. The highest BCUT2D eigenvalue weighted by Crippen LogP contribution is 2.18. The molecule has 3 aromatic rings. The Hall–Kier alpha value is -2.60. The lowest BCUT2D eigenvalue weighted by Gasteiger charge is -2.25. The van der Waals surface area contributed by atoms with Crippen LogP contribution in [0.5, 0.6) is 0 Å². The minimum atomic E-state index is -0.240. The second kappa shape index (κ2) is 7.31. The van der Waals surface area contributed by atoms with Gasteiger partial charge in [0.15, 0.2) is 0 Å². The third kappa shape index (κ3) is 3.83. The summed E-state index contributed by atoms with van der Waals surface area (Å²) in [6.07, 6.45) is 9.51. The van der Waals surface area contributed by atoms with Gasteiger partial charge < -0.3 is 0 Å². The number of rotatable bonds is 6. The fourth-order valence-electron chi connectivity index (χ4n) is 2.63. The van der Waals surface area contributed by atoms with Crippen molar-refractivity contribution in [1.29, 1.82) is 0 Å². The van der Waals surface area contributed by atoms with Gasteiger partial charge in [-0.15, -0.1) is 0 Å². The lowest BCUT2D eigenvalue weighted by atomic mass is 10.1. The molecule has 0 aliphatic heterocycles. The van der Waals surface area contributed by atoms with E-state index >= 15 is 0 Å². The molecule has 1 atom stereocenters. The number of benzene rings is 1. The molecular formula is C18H20FN5. The van der Waals surface area contributed by atoms with E-state index < -0.39 is 0 Å². The van der Waals surface area contributed by atoms with Crippen molar-refractivity contribution < 1.29 is 4.39 Å². The summed E-state index contributed by atoms with van der Waals surface area (Å²) in [5, 5.41) is 4.25. The van der Waals surface area contributed by atoms with Gasteiger partial charge in [-0.2, -0.15) is 5.10 Å². The summed E-state index contributed by atoms with van der Waals surface area (Å²) in [7, 11) is 2.03. The molecule has 2 heterocycles. The summed E-state index contributed by atoms with van der Waals surface area (Å²) in [4.78, 5) is 10.6. The Balaban J connectivity index is 1.76. The zero-order valence-corrected chi connectivity index (χ0v) is 13.8. The van der Waals surface area contributed by atoms with Gasteiger partial charge in [0.05, 0.1) is 11.4 Å². The Morgan fingerprint density at radius 3 is 2.83 bits per heavy atom. The van der Waals surface area contributed by atoms with Crippen LogP contribution in [0.2, 0.25) is 0 Å². The van der Waals surface area contributed by atoms with Gasteiger partial charge in [0, 0.05) is 50.0 Å². The highest BCUT2D eigenvalue weighted by Gasteiger charge is 2.15. The Labute approximate surface area is 140 Å². The van der Waals surface area contributed by atoms with Crippen molar-refractivity contribution in [3.05, 3.63) is 72.3 Å². The van der Waals surface area contributed by atoms with Gasteiger partial charge in [-0.05, 0) is 43.8 Å². The molecule has 2 aromatic heterocycles. The van der Waals surface area contributed by atoms with E-state index in [-0.39, 0.29) is 11.9 Å². The molecule has 0 amide bonds. The third-order valence-electron chi connectivity index (χ3n) is 4.09. The molecule has 24 heavy (non-hydrogen) atoms. The van der Waals surface area contributed by atoms with Gasteiger partial charge >= 0.3 is 0 Å². The summed E-state index contributed by atoms with van der Waals surface area (Å²) >= 11 is 0. The summed E-state index contributed by atoms with van der Waals surface area (Å²) < 4.78 is 15.5. The highest BCUT2D eigenvalue weighted by molar-refractivity contribution is 5.40. The molecule has 6 heteroatoms. The molecular weight excluding hydrogens is 305 g/mol. The van der Waals surface area contributed by atoms with Crippen LogP contribution in [0.4, 0.5) is 4.39 Å².